The molecule has 2 N–H and O–H groups in total. The largest absolute Gasteiger partial charge is 0.437 e. The molecule has 3 aliphatic carbocycles. The highest BCUT2D eigenvalue weighted by Gasteiger charge is 2.69. The molecule has 1 amide bonds. The molecule has 0 aliphatic heterocycles. The number of aromatic nitrogens is 4. The number of fused-ring (bicyclic) bond motifs is 1. The van der Waals surface area contributed by atoms with Crippen molar-refractivity contribution in [3.8, 4) is 23.8 Å². The Kier molecular flexibility index (Phi) is 5.83. The van der Waals surface area contributed by atoms with Gasteiger partial charge in [0.25, 0.3) is 0 Å². The van der Waals surface area contributed by atoms with Gasteiger partial charge in [-0.2, -0.15) is 25.6 Å². The van der Waals surface area contributed by atoms with E-state index in [1.54, 1.807) is 17.8 Å². The molecule has 3 fully saturated rings. The lowest BCUT2D eigenvalue weighted by atomic mass is 9.40. The lowest BCUT2D eigenvalue weighted by Crippen LogP contribution is -2.70. The lowest BCUT2D eigenvalue weighted by molar-refractivity contribution is -0.120. The number of amides is 1. The number of nitriles is 2. The van der Waals surface area contributed by atoms with Crippen LogP contribution < -0.4 is 15.4 Å². The third kappa shape index (κ3) is 4.25. The number of hydrogen-bond acceptors (Lipinski definition) is 8. The number of ether oxygens (including phenoxy) is 1. The van der Waals surface area contributed by atoms with Gasteiger partial charge in [-0.25, -0.2) is 4.68 Å². The molecule has 10 nitrogen and oxygen atoms in total. The summed E-state index contributed by atoms with van der Waals surface area (Å²) in [5, 5.41) is 29.7. The molecular weight excluding hydrogens is 468 g/mol. The molecule has 2 heterocycles. The second-order valence-electron chi connectivity index (χ2n) is 10.2. The molecule has 3 aromatic rings. The van der Waals surface area contributed by atoms with Gasteiger partial charge in [0.2, 0.25) is 17.7 Å². The number of rotatable bonds is 8. The summed E-state index contributed by atoms with van der Waals surface area (Å²) < 4.78 is 8.17. The van der Waals surface area contributed by atoms with Crippen LogP contribution in [0.3, 0.4) is 0 Å². The second-order valence-corrected chi connectivity index (χ2v) is 10.2. The Bertz CT molecular complexity index is 1500. The van der Waals surface area contributed by atoms with Gasteiger partial charge in [-0.05, 0) is 74.9 Å². The minimum atomic E-state index is -0.210. The topological polar surface area (TPSA) is 142 Å². The molecule has 0 radical (unpaired) electrons. The summed E-state index contributed by atoms with van der Waals surface area (Å²) in [6.07, 6.45) is 5.79. The fourth-order valence-corrected chi connectivity index (χ4v) is 5.58. The van der Waals surface area contributed by atoms with Crippen LogP contribution in [0.1, 0.15) is 48.1 Å². The number of nitrogens with zero attached hydrogens (tertiary/aromatic N) is 6. The zero-order chi connectivity index (χ0) is 26.4. The van der Waals surface area contributed by atoms with Crippen LogP contribution in [0.15, 0.2) is 18.2 Å². The zero-order valence-corrected chi connectivity index (χ0v) is 21.3. The minimum Gasteiger partial charge on any atom is -0.437 e. The van der Waals surface area contributed by atoms with E-state index in [9.17, 15) is 10.1 Å². The van der Waals surface area contributed by atoms with E-state index in [0.717, 1.165) is 36.0 Å². The molecule has 37 heavy (non-hydrogen) atoms. The number of anilines is 1. The smallest absolute Gasteiger partial charge is 0.235 e. The standard InChI is InChI=1S/C27H28N8O2/c1-16-10-19(6-5-8-28)11-17(2)22(16)37-24-21-18(3)34-35(9-7-20(36)30-4)23(21)31-25(32-24)33-27-12-26(13-27,14-27)15-29/h5-6,10-11H,7,9,12-14H2,1-4H3,(H,30,36)(H,31,32,33)/b6-5+. The quantitative estimate of drug-likeness (QED) is 0.444. The number of hydrogen-bond donors (Lipinski definition) is 2. The summed E-state index contributed by atoms with van der Waals surface area (Å²) in [5.41, 5.74) is 3.62. The number of carbonyl (C=O) groups excluding carboxylic acids is 1. The molecule has 0 atom stereocenters. The maximum Gasteiger partial charge on any atom is 0.235 e. The van der Waals surface area contributed by atoms with E-state index < -0.39 is 0 Å². The van der Waals surface area contributed by atoms with E-state index in [2.05, 4.69) is 21.8 Å². The first-order valence-corrected chi connectivity index (χ1v) is 12.2. The van der Waals surface area contributed by atoms with E-state index in [-0.39, 0.29) is 23.3 Å². The highest BCUT2D eigenvalue weighted by Crippen LogP contribution is 2.67. The summed E-state index contributed by atoms with van der Waals surface area (Å²) in [4.78, 5) is 21.4. The summed E-state index contributed by atoms with van der Waals surface area (Å²) in [5.74, 6) is 1.38. The predicted molar refractivity (Wildman–Crippen MR) is 138 cm³/mol. The van der Waals surface area contributed by atoms with Crippen LogP contribution in [0.2, 0.25) is 0 Å². The van der Waals surface area contributed by atoms with Gasteiger partial charge in [-0.15, -0.1) is 0 Å². The zero-order valence-electron chi connectivity index (χ0n) is 21.3. The van der Waals surface area contributed by atoms with Crippen LogP contribution in [0.4, 0.5) is 5.95 Å². The molecule has 0 saturated heterocycles. The summed E-state index contributed by atoms with van der Waals surface area (Å²) in [6.45, 7) is 6.13. The van der Waals surface area contributed by atoms with Gasteiger partial charge < -0.3 is 15.4 Å². The average molecular weight is 497 g/mol. The molecule has 0 spiro atoms. The Morgan fingerprint density at radius 1 is 1.19 bits per heavy atom. The monoisotopic (exact) mass is 496 g/mol. The summed E-state index contributed by atoms with van der Waals surface area (Å²) in [6, 6.07) is 8.35. The molecule has 10 heteroatoms. The van der Waals surface area contributed by atoms with Crippen molar-refractivity contribution in [3.05, 3.63) is 40.6 Å². The molecule has 188 valence electrons. The van der Waals surface area contributed by atoms with Gasteiger partial charge in [-0.3, -0.25) is 4.79 Å². The molecule has 3 aliphatic rings. The average Bonchev–Trinajstić information content (AvgIpc) is 3.15. The van der Waals surface area contributed by atoms with Crippen molar-refractivity contribution >= 4 is 29.0 Å². The van der Waals surface area contributed by atoms with Crippen LogP contribution in [-0.2, 0) is 11.3 Å². The van der Waals surface area contributed by atoms with Gasteiger partial charge in [0.05, 0.1) is 29.8 Å². The molecule has 1 aromatic carbocycles. The molecular formula is C27H28N8O2. The van der Waals surface area contributed by atoms with Crippen LogP contribution in [0, 0.1) is 48.8 Å². The summed E-state index contributed by atoms with van der Waals surface area (Å²) in [7, 11) is 1.61. The molecule has 3 saturated carbocycles. The highest BCUT2D eigenvalue weighted by atomic mass is 16.5. The molecule has 2 bridgehead atoms. The molecule has 6 rings (SSSR count). The SMILES string of the molecule is CNC(=O)CCn1nc(C)c2c(Oc3c(C)cc(/C=C/C#N)cc3C)nc(NC34CC(C#N)(C3)C4)nc21. The Hall–Kier alpha value is -4.44. The Morgan fingerprint density at radius 2 is 1.89 bits per heavy atom. The van der Waals surface area contributed by atoms with E-state index in [0.29, 0.717) is 40.8 Å². The predicted octanol–water partition coefficient (Wildman–Crippen LogP) is 4.07. The Morgan fingerprint density at radius 3 is 2.51 bits per heavy atom. The maximum atomic E-state index is 11.9. The first-order chi connectivity index (χ1) is 17.7. The van der Waals surface area contributed by atoms with Crippen molar-refractivity contribution in [1.82, 2.24) is 25.1 Å². The normalized spacial score (nSPS) is 21.6. The minimum absolute atomic E-state index is 0.0855. The van der Waals surface area contributed by atoms with Gasteiger partial charge in [-0.1, -0.05) is 0 Å². The van der Waals surface area contributed by atoms with Crippen LogP contribution in [-0.4, -0.2) is 38.2 Å². The van der Waals surface area contributed by atoms with Crippen molar-refractivity contribution in [3.63, 3.8) is 0 Å². The van der Waals surface area contributed by atoms with Gasteiger partial charge in [0.15, 0.2) is 5.65 Å². The van der Waals surface area contributed by atoms with Crippen molar-refractivity contribution < 1.29 is 9.53 Å². The highest BCUT2D eigenvalue weighted by molar-refractivity contribution is 5.85. The number of allylic oxidation sites excluding steroid dienone is 1. The van der Waals surface area contributed by atoms with Crippen LogP contribution in [0.5, 0.6) is 11.6 Å². The number of carbonyl (C=O) groups is 1. The van der Waals surface area contributed by atoms with E-state index >= 15 is 0 Å². The Balaban J connectivity index is 1.55. The third-order valence-corrected chi connectivity index (χ3v) is 7.24. The van der Waals surface area contributed by atoms with Gasteiger partial charge in [0, 0.05) is 25.1 Å². The van der Waals surface area contributed by atoms with E-state index in [1.165, 1.54) is 6.08 Å². The van der Waals surface area contributed by atoms with Gasteiger partial charge >= 0.3 is 0 Å². The first-order valence-electron chi connectivity index (χ1n) is 12.2. The number of benzene rings is 1. The summed E-state index contributed by atoms with van der Waals surface area (Å²) >= 11 is 0. The maximum absolute atomic E-state index is 11.9. The molecule has 2 aromatic heterocycles. The van der Waals surface area contributed by atoms with E-state index in [4.69, 9.17) is 20.0 Å². The fraction of sp³-hybridized carbons (Fsp3) is 0.407. The van der Waals surface area contributed by atoms with Crippen molar-refractivity contribution in [2.45, 2.75) is 58.5 Å². The Labute approximate surface area is 215 Å². The lowest BCUT2D eigenvalue weighted by Gasteiger charge is -2.66. The van der Waals surface area contributed by atoms with Crippen molar-refractivity contribution in [2.24, 2.45) is 5.41 Å². The van der Waals surface area contributed by atoms with Crippen molar-refractivity contribution in [1.29, 1.82) is 10.5 Å². The molecule has 0 unspecified atom stereocenters. The first kappa shape index (κ1) is 24.3. The fourth-order valence-electron chi connectivity index (χ4n) is 5.58. The van der Waals surface area contributed by atoms with Crippen LogP contribution >= 0.6 is 0 Å². The van der Waals surface area contributed by atoms with Crippen molar-refractivity contribution in [2.75, 3.05) is 12.4 Å². The van der Waals surface area contributed by atoms with Gasteiger partial charge in [0.1, 0.15) is 11.1 Å². The van der Waals surface area contributed by atoms with E-state index in [1.807, 2.05) is 39.0 Å². The number of nitrogens with one attached hydrogen (secondary N) is 2. The van der Waals surface area contributed by atoms with Crippen LogP contribution in [0.25, 0.3) is 17.1 Å². The number of aryl methyl sites for hydroxylation is 4. The second kappa shape index (κ2) is 8.90. The third-order valence-electron chi connectivity index (χ3n) is 7.24.